The van der Waals surface area contributed by atoms with Gasteiger partial charge in [-0.05, 0) is 54.3 Å². The van der Waals surface area contributed by atoms with Crippen molar-refractivity contribution in [2.45, 2.75) is 58.4 Å². The zero-order chi connectivity index (χ0) is 17.6. The molecule has 0 bridgehead atoms. The number of unbranched alkanes of at least 4 members (excludes halogenated alkanes) is 5. The van der Waals surface area contributed by atoms with E-state index in [9.17, 15) is 4.79 Å². The predicted molar refractivity (Wildman–Crippen MR) is 105 cm³/mol. The average molecular weight is 336 g/mol. The summed E-state index contributed by atoms with van der Waals surface area (Å²) in [6.07, 6.45) is 9.03. The van der Waals surface area contributed by atoms with Gasteiger partial charge >= 0.3 is 0 Å². The van der Waals surface area contributed by atoms with Crippen molar-refractivity contribution in [2.24, 2.45) is 0 Å². The fourth-order valence-corrected chi connectivity index (χ4v) is 3.50. The highest BCUT2D eigenvalue weighted by molar-refractivity contribution is 6.10. The number of hydrogen-bond acceptors (Lipinski definition) is 2. The molecule has 1 aliphatic heterocycles. The molecule has 1 heterocycles. The Kier molecular flexibility index (Phi) is 5.75. The SMILES string of the molecule is CCCCCCCCc1ccc(N2Cc3cc(N)ccc3C2=O)cc1. The summed E-state index contributed by atoms with van der Waals surface area (Å²) in [7, 11) is 0. The van der Waals surface area contributed by atoms with Gasteiger partial charge in [0.05, 0.1) is 6.54 Å². The number of aryl methyl sites for hydroxylation is 1. The zero-order valence-corrected chi connectivity index (χ0v) is 15.1. The highest BCUT2D eigenvalue weighted by Gasteiger charge is 2.28. The van der Waals surface area contributed by atoms with Crippen molar-refractivity contribution >= 4 is 17.3 Å². The van der Waals surface area contributed by atoms with Crippen LogP contribution < -0.4 is 10.6 Å². The molecule has 3 heteroatoms. The summed E-state index contributed by atoms with van der Waals surface area (Å²) in [6.45, 7) is 2.86. The second-order valence-electron chi connectivity index (χ2n) is 6.99. The summed E-state index contributed by atoms with van der Waals surface area (Å²) in [4.78, 5) is 14.4. The van der Waals surface area contributed by atoms with Crippen LogP contribution in [0.15, 0.2) is 42.5 Å². The Labute approximate surface area is 150 Å². The molecule has 0 radical (unpaired) electrons. The average Bonchev–Trinajstić information content (AvgIpc) is 2.94. The van der Waals surface area contributed by atoms with Crippen molar-refractivity contribution in [3.63, 3.8) is 0 Å². The molecule has 0 aromatic heterocycles. The normalized spacial score (nSPS) is 13.3. The quantitative estimate of drug-likeness (QED) is 0.523. The zero-order valence-electron chi connectivity index (χ0n) is 15.1. The Morgan fingerprint density at radius 1 is 0.960 bits per heavy atom. The number of carbonyl (C=O) groups excluding carboxylic acids is 1. The number of rotatable bonds is 8. The molecule has 0 unspecified atom stereocenters. The minimum absolute atomic E-state index is 0.0682. The van der Waals surface area contributed by atoms with E-state index in [1.54, 1.807) is 6.07 Å². The van der Waals surface area contributed by atoms with Crippen LogP contribution in [0.4, 0.5) is 11.4 Å². The minimum atomic E-state index is 0.0682. The van der Waals surface area contributed by atoms with Gasteiger partial charge in [0, 0.05) is 16.9 Å². The van der Waals surface area contributed by atoms with Crippen molar-refractivity contribution in [2.75, 3.05) is 10.6 Å². The lowest BCUT2D eigenvalue weighted by Crippen LogP contribution is -2.22. The van der Waals surface area contributed by atoms with Crippen molar-refractivity contribution < 1.29 is 4.79 Å². The lowest BCUT2D eigenvalue weighted by molar-refractivity contribution is 0.0996. The topological polar surface area (TPSA) is 46.3 Å². The number of hydrogen-bond donors (Lipinski definition) is 1. The third-order valence-corrected chi connectivity index (χ3v) is 5.00. The molecule has 0 saturated heterocycles. The van der Waals surface area contributed by atoms with E-state index in [4.69, 9.17) is 5.73 Å². The van der Waals surface area contributed by atoms with Gasteiger partial charge in [0.25, 0.3) is 5.91 Å². The molecule has 0 saturated carbocycles. The predicted octanol–water partition coefficient (Wildman–Crippen LogP) is 5.33. The van der Waals surface area contributed by atoms with Gasteiger partial charge in [-0.2, -0.15) is 0 Å². The molecule has 0 aliphatic carbocycles. The maximum Gasteiger partial charge on any atom is 0.258 e. The third-order valence-electron chi connectivity index (χ3n) is 5.00. The van der Waals surface area contributed by atoms with E-state index >= 15 is 0 Å². The van der Waals surface area contributed by atoms with Crippen LogP contribution in [-0.2, 0) is 13.0 Å². The molecule has 2 aromatic rings. The van der Waals surface area contributed by atoms with Crippen LogP contribution in [0.2, 0.25) is 0 Å². The maximum atomic E-state index is 12.6. The Morgan fingerprint density at radius 2 is 1.68 bits per heavy atom. The fraction of sp³-hybridized carbons (Fsp3) is 0.409. The summed E-state index contributed by atoms with van der Waals surface area (Å²) in [5.74, 6) is 0.0682. The van der Waals surface area contributed by atoms with Crippen molar-refractivity contribution in [3.05, 3.63) is 59.2 Å². The molecule has 3 nitrogen and oxygen atoms in total. The molecule has 132 valence electrons. The van der Waals surface area contributed by atoms with E-state index < -0.39 is 0 Å². The first-order chi connectivity index (χ1) is 12.2. The minimum Gasteiger partial charge on any atom is -0.399 e. The number of nitrogens with two attached hydrogens (primary N) is 1. The maximum absolute atomic E-state index is 12.6. The molecule has 25 heavy (non-hydrogen) atoms. The standard InChI is InChI=1S/C22H28N2O/c1-2-3-4-5-6-7-8-17-9-12-20(13-10-17)24-16-18-15-19(23)11-14-21(18)22(24)25/h9-15H,2-8,16,23H2,1H3. The number of benzene rings is 2. The number of fused-ring (bicyclic) bond motifs is 1. The molecule has 2 N–H and O–H groups in total. The van der Waals surface area contributed by atoms with E-state index in [2.05, 4.69) is 31.2 Å². The third kappa shape index (κ3) is 4.22. The smallest absolute Gasteiger partial charge is 0.258 e. The van der Waals surface area contributed by atoms with Gasteiger partial charge < -0.3 is 10.6 Å². The number of carbonyl (C=O) groups is 1. The Hall–Kier alpha value is -2.29. The lowest BCUT2D eigenvalue weighted by Gasteiger charge is -2.16. The molecule has 2 aromatic carbocycles. The summed E-state index contributed by atoms with van der Waals surface area (Å²) in [6, 6.07) is 14.0. The van der Waals surface area contributed by atoms with E-state index in [0.717, 1.165) is 23.2 Å². The van der Waals surface area contributed by atoms with Crippen molar-refractivity contribution in [1.29, 1.82) is 0 Å². The summed E-state index contributed by atoms with van der Waals surface area (Å²) < 4.78 is 0. The highest BCUT2D eigenvalue weighted by Crippen LogP contribution is 2.29. The second-order valence-corrected chi connectivity index (χ2v) is 6.99. The first-order valence-corrected chi connectivity index (χ1v) is 9.48. The van der Waals surface area contributed by atoms with Gasteiger partial charge in [0.1, 0.15) is 0 Å². The summed E-state index contributed by atoms with van der Waals surface area (Å²) in [5, 5.41) is 0. The molecular formula is C22H28N2O. The Bertz CT molecular complexity index is 721. The van der Waals surface area contributed by atoms with Gasteiger partial charge in [-0.1, -0.05) is 51.2 Å². The van der Waals surface area contributed by atoms with E-state index in [-0.39, 0.29) is 5.91 Å². The van der Waals surface area contributed by atoms with Crippen LogP contribution in [0.1, 0.15) is 66.9 Å². The van der Waals surface area contributed by atoms with Gasteiger partial charge in [0.15, 0.2) is 0 Å². The number of nitrogen functional groups attached to an aromatic ring is 1. The van der Waals surface area contributed by atoms with Gasteiger partial charge in [0.2, 0.25) is 0 Å². The molecule has 1 amide bonds. The van der Waals surface area contributed by atoms with Crippen molar-refractivity contribution in [1.82, 2.24) is 0 Å². The van der Waals surface area contributed by atoms with Gasteiger partial charge in [-0.15, -0.1) is 0 Å². The summed E-state index contributed by atoms with van der Waals surface area (Å²) >= 11 is 0. The van der Waals surface area contributed by atoms with Crippen LogP contribution in [0.3, 0.4) is 0 Å². The number of anilines is 2. The molecule has 3 rings (SSSR count). The van der Waals surface area contributed by atoms with E-state index in [1.807, 2.05) is 17.0 Å². The Balaban J connectivity index is 1.55. The van der Waals surface area contributed by atoms with Crippen LogP contribution in [0, 0.1) is 0 Å². The first-order valence-electron chi connectivity index (χ1n) is 9.48. The van der Waals surface area contributed by atoms with E-state index in [0.29, 0.717) is 12.2 Å². The van der Waals surface area contributed by atoms with Crippen LogP contribution in [0.25, 0.3) is 0 Å². The molecular weight excluding hydrogens is 308 g/mol. The second kappa shape index (κ2) is 8.19. The van der Waals surface area contributed by atoms with Crippen LogP contribution in [0.5, 0.6) is 0 Å². The number of amides is 1. The highest BCUT2D eigenvalue weighted by atomic mass is 16.2. The van der Waals surface area contributed by atoms with Crippen molar-refractivity contribution in [3.8, 4) is 0 Å². The monoisotopic (exact) mass is 336 g/mol. The largest absolute Gasteiger partial charge is 0.399 e. The Morgan fingerprint density at radius 3 is 2.44 bits per heavy atom. The van der Waals surface area contributed by atoms with Gasteiger partial charge in [-0.25, -0.2) is 0 Å². The van der Waals surface area contributed by atoms with Gasteiger partial charge in [-0.3, -0.25) is 4.79 Å². The fourth-order valence-electron chi connectivity index (χ4n) is 3.50. The van der Waals surface area contributed by atoms with E-state index in [1.165, 1.54) is 44.1 Å². The summed E-state index contributed by atoms with van der Waals surface area (Å²) in [5.41, 5.74) is 10.6. The molecule has 0 atom stereocenters. The molecule has 0 fully saturated rings. The number of nitrogens with zero attached hydrogens (tertiary/aromatic N) is 1. The van der Waals surface area contributed by atoms with Crippen LogP contribution in [-0.4, -0.2) is 5.91 Å². The first kappa shape index (κ1) is 17.5. The van der Waals surface area contributed by atoms with Crippen LogP contribution >= 0.6 is 0 Å². The molecule has 0 spiro atoms. The lowest BCUT2D eigenvalue weighted by atomic mass is 10.0. The molecule has 1 aliphatic rings.